The van der Waals surface area contributed by atoms with Crippen LogP contribution in [0.3, 0.4) is 0 Å². The number of amides is 1. The first-order chi connectivity index (χ1) is 12.4. The van der Waals surface area contributed by atoms with Gasteiger partial charge in [-0.1, -0.05) is 34.8 Å². The highest BCUT2D eigenvalue weighted by molar-refractivity contribution is 6.54. The highest BCUT2D eigenvalue weighted by atomic mass is 35.5. The number of carbonyl (C=O) groups excluding carboxylic acids is 1. The molecule has 3 rings (SSSR count). The lowest BCUT2D eigenvalue weighted by atomic mass is 10.2. The summed E-state index contributed by atoms with van der Waals surface area (Å²) in [5.74, 6) is -1.82. The van der Waals surface area contributed by atoms with E-state index in [1.54, 1.807) is 24.3 Å². The molecule has 1 amide bonds. The van der Waals surface area contributed by atoms with Gasteiger partial charge in [-0.05, 0) is 36.4 Å². The Balaban J connectivity index is 1.87. The summed E-state index contributed by atoms with van der Waals surface area (Å²) in [6, 6.07) is 8.33. The monoisotopic (exact) mass is 416 g/mol. The molecule has 1 heterocycles. The van der Waals surface area contributed by atoms with Crippen LogP contribution < -0.4 is 5.32 Å². The molecule has 1 aromatic heterocycles. The van der Waals surface area contributed by atoms with Gasteiger partial charge in [0.1, 0.15) is 11.6 Å². The maximum atomic E-state index is 14.0. The van der Waals surface area contributed by atoms with E-state index in [2.05, 4.69) is 20.5 Å². The van der Waals surface area contributed by atoms with Crippen molar-refractivity contribution in [3.8, 4) is 22.8 Å². The molecule has 0 fully saturated rings. The molecule has 26 heavy (non-hydrogen) atoms. The normalized spacial score (nSPS) is 11.0. The SMILES string of the molecule is O=C(Nc1ccc(-c2n[nH]c(-c3c(F)ccc(F)c3Cl)n2)cc1)C(Cl)Cl. The lowest BCUT2D eigenvalue weighted by Crippen LogP contribution is -2.18. The molecule has 3 aromatic rings. The second kappa shape index (κ2) is 7.57. The third kappa shape index (κ3) is 3.80. The number of aromatic nitrogens is 3. The van der Waals surface area contributed by atoms with E-state index in [1.807, 2.05) is 0 Å². The molecule has 0 aliphatic rings. The van der Waals surface area contributed by atoms with Crippen LogP contribution in [0.15, 0.2) is 36.4 Å². The number of alkyl halides is 2. The third-order valence-electron chi connectivity index (χ3n) is 3.38. The summed E-state index contributed by atoms with van der Waals surface area (Å²) in [6.45, 7) is 0. The number of aromatic amines is 1. The minimum Gasteiger partial charge on any atom is -0.324 e. The first-order valence-corrected chi connectivity index (χ1v) is 8.37. The van der Waals surface area contributed by atoms with Crippen molar-refractivity contribution in [3.05, 3.63) is 53.1 Å². The van der Waals surface area contributed by atoms with Crippen molar-refractivity contribution >= 4 is 46.4 Å². The number of halogens is 5. The number of anilines is 1. The first kappa shape index (κ1) is 18.6. The molecule has 0 aliphatic carbocycles. The quantitative estimate of drug-likeness (QED) is 0.473. The Kier molecular flexibility index (Phi) is 5.41. The molecule has 0 unspecified atom stereocenters. The van der Waals surface area contributed by atoms with Gasteiger partial charge in [-0.3, -0.25) is 9.89 Å². The fourth-order valence-electron chi connectivity index (χ4n) is 2.15. The van der Waals surface area contributed by atoms with Gasteiger partial charge in [0.05, 0.1) is 10.6 Å². The third-order valence-corrected chi connectivity index (χ3v) is 4.14. The summed E-state index contributed by atoms with van der Waals surface area (Å²) in [7, 11) is 0. The number of H-pyrrole nitrogens is 1. The molecule has 0 atom stereocenters. The largest absolute Gasteiger partial charge is 0.324 e. The minimum atomic E-state index is -1.18. The van der Waals surface area contributed by atoms with Crippen molar-refractivity contribution < 1.29 is 13.6 Å². The maximum absolute atomic E-state index is 14.0. The van der Waals surface area contributed by atoms with Gasteiger partial charge in [0.15, 0.2) is 16.5 Å². The highest BCUT2D eigenvalue weighted by Crippen LogP contribution is 2.31. The van der Waals surface area contributed by atoms with E-state index in [4.69, 9.17) is 34.8 Å². The van der Waals surface area contributed by atoms with Gasteiger partial charge >= 0.3 is 0 Å². The van der Waals surface area contributed by atoms with Gasteiger partial charge in [0.2, 0.25) is 0 Å². The van der Waals surface area contributed by atoms with Gasteiger partial charge in [-0.15, -0.1) is 0 Å². The van der Waals surface area contributed by atoms with Crippen molar-refractivity contribution in [3.63, 3.8) is 0 Å². The highest BCUT2D eigenvalue weighted by Gasteiger charge is 2.18. The second-order valence-electron chi connectivity index (χ2n) is 5.09. The van der Waals surface area contributed by atoms with Gasteiger partial charge in [-0.2, -0.15) is 5.10 Å². The van der Waals surface area contributed by atoms with Crippen LogP contribution in [0.5, 0.6) is 0 Å². The van der Waals surface area contributed by atoms with Crippen molar-refractivity contribution in [2.24, 2.45) is 0 Å². The molecule has 2 aromatic carbocycles. The topological polar surface area (TPSA) is 70.7 Å². The summed E-state index contributed by atoms with van der Waals surface area (Å²) in [4.78, 5) is 14.4. The molecule has 134 valence electrons. The van der Waals surface area contributed by atoms with Crippen LogP contribution in [0.2, 0.25) is 5.02 Å². The Hall–Kier alpha value is -2.22. The predicted molar refractivity (Wildman–Crippen MR) is 96.3 cm³/mol. The van der Waals surface area contributed by atoms with Crippen molar-refractivity contribution in [1.82, 2.24) is 15.2 Å². The smallest absolute Gasteiger partial charge is 0.257 e. The molecule has 0 aliphatic heterocycles. The minimum absolute atomic E-state index is 0.00787. The van der Waals surface area contributed by atoms with Crippen LogP contribution in [0.1, 0.15) is 0 Å². The number of nitrogens with one attached hydrogen (secondary N) is 2. The Bertz CT molecular complexity index is 961. The molecule has 0 saturated carbocycles. The number of hydrogen-bond acceptors (Lipinski definition) is 3. The summed E-state index contributed by atoms with van der Waals surface area (Å²) in [5, 5.41) is 8.64. The Morgan fingerprint density at radius 1 is 1.08 bits per heavy atom. The van der Waals surface area contributed by atoms with Crippen LogP contribution >= 0.6 is 34.8 Å². The molecule has 5 nitrogen and oxygen atoms in total. The number of nitrogens with zero attached hydrogens (tertiary/aromatic N) is 2. The summed E-state index contributed by atoms with van der Waals surface area (Å²) < 4.78 is 27.5. The standard InChI is InChI=1S/C16H9Cl3F2N4O/c17-12-10(21)6-5-9(20)11(12)15-23-14(24-25-15)7-1-3-8(4-2-7)22-16(26)13(18)19/h1-6,13H,(H,22,26)(H,23,24,25). The zero-order valence-electron chi connectivity index (χ0n) is 12.7. The first-order valence-electron chi connectivity index (χ1n) is 7.12. The van der Waals surface area contributed by atoms with Crippen molar-refractivity contribution in [2.75, 3.05) is 5.32 Å². The second-order valence-corrected chi connectivity index (χ2v) is 6.57. The molecule has 0 bridgehead atoms. The Labute approximate surface area is 161 Å². The number of rotatable bonds is 4. The molecular formula is C16H9Cl3F2N4O. The van der Waals surface area contributed by atoms with E-state index in [0.29, 0.717) is 11.3 Å². The zero-order chi connectivity index (χ0) is 18.8. The lowest BCUT2D eigenvalue weighted by molar-refractivity contribution is -0.114. The lowest BCUT2D eigenvalue weighted by Gasteiger charge is -2.05. The number of carbonyl (C=O) groups is 1. The summed E-state index contributed by atoms with van der Waals surface area (Å²) in [5.41, 5.74) is 0.844. The Morgan fingerprint density at radius 3 is 2.38 bits per heavy atom. The molecule has 10 heteroatoms. The van der Waals surface area contributed by atoms with Gasteiger partial charge < -0.3 is 5.32 Å². The fourth-order valence-corrected chi connectivity index (χ4v) is 2.50. The van der Waals surface area contributed by atoms with Gasteiger partial charge in [0, 0.05) is 11.3 Å². The maximum Gasteiger partial charge on any atom is 0.257 e. The van der Waals surface area contributed by atoms with E-state index in [-0.39, 0.29) is 22.2 Å². The van der Waals surface area contributed by atoms with E-state index < -0.39 is 22.4 Å². The van der Waals surface area contributed by atoms with Crippen LogP contribution in [-0.4, -0.2) is 25.9 Å². The molecular weight excluding hydrogens is 409 g/mol. The summed E-state index contributed by atoms with van der Waals surface area (Å²) >= 11 is 16.7. The van der Waals surface area contributed by atoms with Gasteiger partial charge in [-0.25, -0.2) is 13.8 Å². The molecule has 2 N–H and O–H groups in total. The van der Waals surface area contributed by atoms with Crippen LogP contribution in [0.4, 0.5) is 14.5 Å². The average molecular weight is 418 g/mol. The average Bonchev–Trinajstić information content (AvgIpc) is 3.09. The Morgan fingerprint density at radius 2 is 1.73 bits per heavy atom. The zero-order valence-corrected chi connectivity index (χ0v) is 15.0. The molecule has 0 radical (unpaired) electrons. The fraction of sp³-hybridized carbons (Fsp3) is 0.0625. The van der Waals surface area contributed by atoms with E-state index >= 15 is 0 Å². The van der Waals surface area contributed by atoms with Crippen LogP contribution in [0, 0.1) is 11.6 Å². The molecule has 0 spiro atoms. The van der Waals surface area contributed by atoms with Gasteiger partial charge in [0.25, 0.3) is 5.91 Å². The van der Waals surface area contributed by atoms with Crippen molar-refractivity contribution in [2.45, 2.75) is 4.84 Å². The number of benzene rings is 2. The number of hydrogen-bond donors (Lipinski definition) is 2. The van der Waals surface area contributed by atoms with Crippen LogP contribution in [-0.2, 0) is 4.79 Å². The predicted octanol–water partition coefficient (Wildman–Crippen LogP) is 4.81. The van der Waals surface area contributed by atoms with Crippen molar-refractivity contribution in [1.29, 1.82) is 0 Å². The van der Waals surface area contributed by atoms with E-state index in [9.17, 15) is 13.6 Å². The molecule has 0 saturated heterocycles. The van der Waals surface area contributed by atoms with E-state index in [0.717, 1.165) is 12.1 Å². The van der Waals surface area contributed by atoms with Crippen LogP contribution in [0.25, 0.3) is 22.8 Å². The summed E-state index contributed by atoms with van der Waals surface area (Å²) in [6.07, 6.45) is 0. The van der Waals surface area contributed by atoms with E-state index in [1.165, 1.54) is 0 Å².